The Morgan fingerprint density at radius 1 is 1.15 bits per heavy atom. The lowest BCUT2D eigenvalue weighted by atomic mass is 10.2. The number of ether oxygens (including phenoxy) is 1. The molecule has 2 heterocycles. The number of H-pyrrole nitrogens is 1. The number of nitrogens with one attached hydrogen (secondary N) is 2. The van der Waals surface area contributed by atoms with Crippen LogP contribution >= 0.6 is 0 Å². The summed E-state index contributed by atoms with van der Waals surface area (Å²) in [6, 6.07) is 17.3. The fourth-order valence-electron chi connectivity index (χ4n) is 2.78. The summed E-state index contributed by atoms with van der Waals surface area (Å²) in [4.78, 5) is 19.7. The zero-order valence-electron chi connectivity index (χ0n) is 14.1. The topological polar surface area (TPSA) is 84.8 Å². The van der Waals surface area contributed by atoms with Gasteiger partial charge in [-0.25, -0.2) is 4.68 Å². The SMILES string of the molecule is COCc1cccc(Nc2nc3c(cnn3-c3ccccc3)c(=O)[nH]2)c1. The van der Waals surface area contributed by atoms with Gasteiger partial charge in [-0.15, -0.1) is 0 Å². The molecule has 0 spiro atoms. The Kier molecular flexibility index (Phi) is 4.20. The van der Waals surface area contributed by atoms with Gasteiger partial charge in [0.2, 0.25) is 5.95 Å². The van der Waals surface area contributed by atoms with E-state index in [2.05, 4.69) is 20.4 Å². The second kappa shape index (κ2) is 6.81. The Morgan fingerprint density at radius 3 is 2.81 bits per heavy atom. The summed E-state index contributed by atoms with van der Waals surface area (Å²) >= 11 is 0. The molecule has 26 heavy (non-hydrogen) atoms. The molecule has 0 fully saturated rings. The zero-order valence-corrected chi connectivity index (χ0v) is 14.1. The van der Waals surface area contributed by atoms with Crippen LogP contribution in [-0.4, -0.2) is 26.9 Å². The summed E-state index contributed by atoms with van der Waals surface area (Å²) in [5.74, 6) is 0.356. The van der Waals surface area contributed by atoms with Crippen LogP contribution in [0.5, 0.6) is 0 Å². The molecular weight excluding hydrogens is 330 g/mol. The average Bonchev–Trinajstić information content (AvgIpc) is 3.07. The molecule has 4 rings (SSSR count). The monoisotopic (exact) mass is 347 g/mol. The fraction of sp³-hybridized carbons (Fsp3) is 0.105. The first-order chi connectivity index (χ1) is 12.7. The van der Waals surface area contributed by atoms with Crippen molar-refractivity contribution in [3.63, 3.8) is 0 Å². The largest absolute Gasteiger partial charge is 0.380 e. The van der Waals surface area contributed by atoms with Crippen LogP contribution in [0.2, 0.25) is 0 Å². The lowest BCUT2D eigenvalue weighted by Gasteiger charge is -2.08. The lowest BCUT2D eigenvalue weighted by Crippen LogP contribution is -2.11. The van der Waals surface area contributed by atoms with Gasteiger partial charge >= 0.3 is 0 Å². The minimum atomic E-state index is -0.243. The van der Waals surface area contributed by atoms with Crippen LogP contribution in [0.25, 0.3) is 16.7 Å². The van der Waals surface area contributed by atoms with Crippen LogP contribution in [0.3, 0.4) is 0 Å². The molecule has 0 aliphatic rings. The molecule has 2 aromatic heterocycles. The van der Waals surface area contributed by atoms with Gasteiger partial charge in [0.15, 0.2) is 5.65 Å². The number of anilines is 2. The molecule has 2 aromatic carbocycles. The van der Waals surface area contributed by atoms with Crippen LogP contribution in [0.1, 0.15) is 5.56 Å². The molecule has 0 radical (unpaired) electrons. The molecule has 0 atom stereocenters. The molecule has 2 N–H and O–H groups in total. The minimum Gasteiger partial charge on any atom is -0.380 e. The summed E-state index contributed by atoms with van der Waals surface area (Å²) in [6.07, 6.45) is 1.52. The normalized spacial score (nSPS) is 11.0. The highest BCUT2D eigenvalue weighted by Crippen LogP contribution is 2.18. The van der Waals surface area contributed by atoms with Crippen molar-refractivity contribution >= 4 is 22.7 Å². The maximum Gasteiger partial charge on any atom is 0.263 e. The van der Waals surface area contributed by atoms with Gasteiger partial charge in [-0.05, 0) is 29.8 Å². The number of aromatic nitrogens is 4. The number of fused-ring (bicyclic) bond motifs is 1. The van der Waals surface area contributed by atoms with Crippen molar-refractivity contribution in [1.29, 1.82) is 0 Å². The smallest absolute Gasteiger partial charge is 0.263 e. The zero-order chi connectivity index (χ0) is 17.9. The van der Waals surface area contributed by atoms with Crippen molar-refractivity contribution in [2.24, 2.45) is 0 Å². The van der Waals surface area contributed by atoms with Crippen molar-refractivity contribution in [1.82, 2.24) is 19.7 Å². The summed E-state index contributed by atoms with van der Waals surface area (Å²) < 4.78 is 6.80. The van der Waals surface area contributed by atoms with Gasteiger partial charge in [-0.1, -0.05) is 30.3 Å². The van der Waals surface area contributed by atoms with Crippen molar-refractivity contribution in [2.45, 2.75) is 6.61 Å². The maximum atomic E-state index is 12.4. The van der Waals surface area contributed by atoms with E-state index in [1.54, 1.807) is 11.8 Å². The van der Waals surface area contributed by atoms with E-state index in [4.69, 9.17) is 4.74 Å². The molecule has 4 aromatic rings. The molecule has 0 aliphatic carbocycles. The summed E-state index contributed by atoms with van der Waals surface area (Å²) in [6.45, 7) is 0.513. The van der Waals surface area contributed by atoms with Gasteiger partial charge < -0.3 is 10.1 Å². The van der Waals surface area contributed by atoms with E-state index in [-0.39, 0.29) is 5.56 Å². The first-order valence-electron chi connectivity index (χ1n) is 8.13. The van der Waals surface area contributed by atoms with Gasteiger partial charge in [0.1, 0.15) is 5.39 Å². The van der Waals surface area contributed by atoms with E-state index in [1.807, 2.05) is 54.6 Å². The Hall–Kier alpha value is -3.45. The number of nitrogens with zero attached hydrogens (tertiary/aromatic N) is 3. The highest BCUT2D eigenvalue weighted by molar-refractivity contribution is 5.76. The Balaban J connectivity index is 1.75. The van der Waals surface area contributed by atoms with Crippen molar-refractivity contribution in [3.05, 3.63) is 76.7 Å². The predicted molar refractivity (Wildman–Crippen MR) is 99.9 cm³/mol. The highest BCUT2D eigenvalue weighted by atomic mass is 16.5. The number of hydrogen-bond donors (Lipinski definition) is 2. The molecule has 130 valence electrons. The van der Waals surface area contributed by atoms with Gasteiger partial charge in [0, 0.05) is 12.8 Å². The number of hydrogen-bond acceptors (Lipinski definition) is 5. The van der Waals surface area contributed by atoms with Crippen LogP contribution in [0, 0.1) is 0 Å². The fourth-order valence-corrected chi connectivity index (χ4v) is 2.78. The molecular formula is C19H17N5O2. The minimum absolute atomic E-state index is 0.243. The Labute approximate surface area is 149 Å². The molecule has 0 amide bonds. The van der Waals surface area contributed by atoms with E-state index < -0.39 is 0 Å². The van der Waals surface area contributed by atoms with Crippen LogP contribution < -0.4 is 10.9 Å². The molecule has 0 unspecified atom stereocenters. The van der Waals surface area contributed by atoms with Gasteiger partial charge in [-0.2, -0.15) is 10.1 Å². The summed E-state index contributed by atoms with van der Waals surface area (Å²) in [7, 11) is 1.65. The number of aromatic amines is 1. The Bertz CT molecular complexity index is 1100. The number of benzene rings is 2. The van der Waals surface area contributed by atoms with E-state index >= 15 is 0 Å². The Morgan fingerprint density at radius 2 is 2.00 bits per heavy atom. The third-order valence-electron chi connectivity index (χ3n) is 3.94. The maximum absolute atomic E-state index is 12.4. The van der Waals surface area contributed by atoms with Gasteiger partial charge in [0.25, 0.3) is 5.56 Å². The van der Waals surface area contributed by atoms with Gasteiger partial charge in [0.05, 0.1) is 18.5 Å². The van der Waals surface area contributed by atoms with Crippen LogP contribution in [0.4, 0.5) is 11.6 Å². The molecule has 7 nitrogen and oxygen atoms in total. The van der Waals surface area contributed by atoms with Crippen LogP contribution in [0.15, 0.2) is 65.6 Å². The van der Waals surface area contributed by atoms with Crippen molar-refractivity contribution < 1.29 is 4.74 Å². The molecule has 7 heteroatoms. The quantitative estimate of drug-likeness (QED) is 0.580. The van der Waals surface area contributed by atoms with Crippen LogP contribution in [-0.2, 0) is 11.3 Å². The highest BCUT2D eigenvalue weighted by Gasteiger charge is 2.11. The summed E-state index contributed by atoms with van der Waals surface area (Å²) in [5.41, 5.74) is 2.93. The van der Waals surface area contributed by atoms with Crippen molar-refractivity contribution in [2.75, 3.05) is 12.4 Å². The molecule has 0 bridgehead atoms. The van der Waals surface area contributed by atoms with Crippen molar-refractivity contribution in [3.8, 4) is 5.69 Å². The first-order valence-corrected chi connectivity index (χ1v) is 8.13. The second-order valence-electron chi connectivity index (χ2n) is 5.80. The second-order valence-corrected chi connectivity index (χ2v) is 5.80. The lowest BCUT2D eigenvalue weighted by molar-refractivity contribution is 0.185. The third kappa shape index (κ3) is 3.07. The predicted octanol–water partition coefficient (Wildman–Crippen LogP) is 3.00. The van der Waals surface area contributed by atoms with E-state index in [9.17, 15) is 4.79 Å². The van der Waals surface area contributed by atoms with Gasteiger partial charge in [-0.3, -0.25) is 9.78 Å². The average molecular weight is 347 g/mol. The summed E-state index contributed by atoms with van der Waals surface area (Å²) in [5, 5.41) is 7.88. The van der Waals surface area contributed by atoms with E-state index in [0.29, 0.717) is 23.6 Å². The number of methoxy groups -OCH3 is 1. The number of para-hydroxylation sites is 1. The molecule has 0 saturated heterocycles. The standard InChI is InChI=1S/C19H17N5O2/c1-26-12-13-6-5-7-14(10-13)21-19-22-17-16(18(25)23-19)11-20-24(17)15-8-3-2-4-9-15/h2-11H,12H2,1H3,(H2,21,22,23,25). The van der Waals surface area contributed by atoms with E-state index in [0.717, 1.165) is 16.9 Å². The molecule has 0 saturated carbocycles. The third-order valence-corrected chi connectivity index (χ3v) is 3.94. The molecule has 0 aliphatic heterocycles. The number of rotatable bonds is 5. The first kappa shape index (κ1) is 16.0. The van der Waals surface area contributed by atoms with E-state index in [1.165, 1.54) is 6.20 Å².